The molecule has 106 valence electrons. The van der Waals surface area contributed by atoms with Crippen LogP contribution >= 0.6 is 11.3 Å². The SMILES string of the molecule is NC(=O)c1csc(S(=O)(=O)NC[C@@H]2CCCNC2)c1. The van der Waals surface area contributed by atoms with Gasteiger partial charge in [0.05, 0.1) is 5.56 Å². The predicted molar refractivity (Wildman–Crippen MR) is 73.6 cm³/mol. The average Bonchev–Trinajstić information content (AvgIpc) is 2.88. The molecule has 0 saturated carbocycles. The summed E-state index contributed by atoms with van der Waals surface area (Å²) in [5, 5.41) is 4.69. The molecule has 1 amide bonds. The van der Waals surface area contributed by atoms with Crippen LogP contribution in [-0.4, -0.2) is 34.0 Å². The van der Waals surface area contributed by atoms with Crippen molar-refractivity contribution in [2.75, 3.05) is 19.6 Å². The molecule has 2 heterocycles. The van der Waals surface area contributed by atoms with Gasteiger partial charge in [-0.25, -0.2) is 13.1 Å². The Kier molecular flexibility index (Phi) is 4.56. The summed E-state index contributed by atoms with van der Waals surface area (Å²) in [4.78, 5) is 11.0. The molecule has 1 atom stereocenters. The maximum atomic E-state index is 12.0. The molecule has 6 nitrogen and oxygen atoms in total. The lowest BCUT2D eigenvalue weighted by molar-refractivity contribution is 0.100. The summed E-state index contributed by atoms with van der Waals surface area (Å²) >= 11 is 1.00. The quantitative estimate of drug-likeness (QED) is 0.719. The monoisotopic (exact) mass is 303 g/mol. The molecule has 8 heteroatoms. The number of carbonyl (C=O) groups is 1. The van der Waals surface area contributed by atoms with Crippen LogP contribution in [0.2, 0.25) is 0 Å². The fourth-order valence-electron chi connectivity index (χ4n) is 1.98. The third-order valence-electron chi connectivity index (χ3n) is 3.09. The minimum Gasteiger partial charge on any atom is -0.366 e. The maximum Gasteiger partial charge on any atom is 0.250 e. The lowest BCUT2D eigenvalue weighted by atomic mass is 10.0. The molecule has 0 aliphatic carbocycles. The minimum absolute atomic E-state index is 0.130. The Labute approximate surface area is 116 Å². The van der Waals surface area contributed by atoms with Gasteiger partial charge in [-0.3, -0.25) is 4.79 Å². The molecule has 0 aromatic carbocycles. The highest BCUT2D eigenvalue weighted by atomic mass is 32.2. The van der Waals surface area contributed by atoms with Crippen molar-refractivity contribution in [3.63, 3.8) is 0 Å². The number of thiophene rings is 1. The van der Waals surface area contributed by atoms with E-state index in [4.69, 9.17) is 5.73 Å². The molecule has 1 fully saturated rings. The summed E-state index contributed by atoms with van der Waals surface area (Å²) in [5.74, 6) is -0.298. The van der Waals surface area contributed by atoms with Crippen molar-refractivity contribution in [2.24, 2.45) is 11.7 Å². The Morgan fingerprint density at radius 3 is 2.95 bits per heavy atom. The van der Waals surface area contributed by atoms with Crippen molar-refractivity contribution in [1.82, 2.24) is 10.0 Å². The zero-order chi connectivity index (χ0) is 13.9. The number of hydrogen-bond acceptors (Lipinski definition) is 5. The number of nitrogens with two attached hydrogens (primary N) is 1. The number of amides is 1. The zero-order valence-electron chi connectivity index (χ0n) is 10.4. The van der Waals surface area contributed by atoms with E-state index in [9.17, 15) is 13.2 Å². The molecule has 1 aliphatic heterocycles. The molecule has 0 bridgehead atoms. The first kappa shape index (κ1) is 14.4. The van der Waals surface area contributed by atoms with Crippen LogP contribution in [-0.2, 0) is 10.0 Å². The van der Waals surface area contributed by atoms with Gasteiger partial charge in [0.15, 0.2) is 0 Å². The van der Waals surface area contributed by atoms with Gasteiger partial charge < -0.3 is 11.1 Å². The fourth-order valence-corrected chi connectivity index (χ4v) is 4.31. The van der Waals surface area contributed by atoms with Gasteiger partial charge in [-0.15, -0.1) is 11.3 Å². The van der Waals surface area contributed by atoms with Crippen LogP contribution in [0.5, 0.6) is 0 Å². The van der Waals surface area contributed by atoms with E-state index in [-0.39, 0.29) is 9.77 Å². The molecule has 2 rings (SSSR count). The highest BCUT2D eigenvalue weighted by Gasteiger charge is 2.20. The first-order valence-electron chi connectivity index (χ1n) is 6.08. The van der Waals surface area contributed by atoms with Crippen molar-refractivity contribution >= 4 is 27.3 Å². The van der Waals surface area contributed by atoms with E-state index in [0.717, 1.165) is 37.3 Å². The van der Waals surface area contributed by atoms with Crippen molar-refractivity contribution < 1.29 is 13.2 Å². The van der Waals surface area contributed by atoms with Crippen LogP contribution in [0.25, 0.3) is 0 Å². The van der Waals surface area contributed by atoms with E-state index in [2.05, 4.69) is 10.0 Å². The van der Waals surface area contributed by atoms with Crippen molar-refractivity contribution in [3.05, 3.63) is 17.0 Å². The van der Waals surface area contributed by atoms with Gasteiger partial charge in [0, 0.05) is 11.9 Å². The molecule has 1 aliphatic rings. The van der Waals surface area contributed by atoms with Gasteiger partial charge in [0.2, 0.25) is 15.9 Å². The highest BCUT2D eigenvalue weighted by molar-refractivity contribution is 7.91. The molecule has 0 spiro atoms. The Bertz CT molecular complexity index is 547. The number of carbonyl (C=O) groups excluding carboxylic acids is 1. The summed E-state index contributed by atoms with van der Waals surface area (Å²) in [7, 11) is -3.54. The minimum atomic E-state index is -3.54. The molecule has 1 aromatic rings. The van der Waals surface area contributed by atoms with Crippen LogP contribution in [0.3, 0.4) is 0 Å². The molecule has 1 saturated heterocycles. The molecular weight excluding hydrogens is 286 g/mol. The molecule has 19 heavy (non-hydrogen) atoms. The number of piperidine rings is 1. The topological polar surface area (TPSA) is 101 Å². The van der Waals surface area contributed by atoms with Crippen LogP contribution in [0, 0.1) is 5.92 Å². The van der Waals surface area contributed by atoms with E-state index < -0.39 is 15.9 Å². The van der Waals surface area contributed by atoms with Crippen molar-refractivity contribution in [1.29, 1.82) is 0 Å². The van der Waals surface area contributed by atoms with Crippen LogP contribution in [0.4, 0.5) is 0 Å². The lowest BCUT2D eigenvalue weighted by Crippen LogP contribution is -2.37. The Hall–Kier alpha value is -0.960. The second kappa shape index (κ2) is 6.00. The number of hydrogen-bond donors (Lipinski definition) is 3. The van der Waals surface area contributed by atoms with E-state index in [1.807, 2.05) is 0 Å². The van der Waals surface area contributed by atoms with Gasteiger partial charge in [-0.2, -0.15) is 0 Å². The van der Waals surface area contributed by atoms with Crippen LogP contribution in [0.15, 0.2) is 15.7 Å². The first-order chi connectivity index (χ1) is 8.99. The second-order valence-corrected chi connectivity index (χ2v) is 7.49. The molecule has 1 aromatic heterocycles. The first-order valence-corrected chi connectivity index (χ1v) is 8.44. The Balaban J connectivity index is 1.98. The number of rotatable bonds is 5. The summed E-state index contributed by atoms with van der Waals surface area (Å²) in [6, 6.07) is 1.31. The summed E-state index contributed by atoms with van der Waals surface area (Å²) in [6.45, 7) is 2.24. The maximum absolute atomic E-state index is 12.0. The Morgan fingerprint density at radius 2 is 2.37 bits per heavy atom. The highest BCUT2D eigenvalue weighted by Crippen LogP contribution is 2.20. The lowest BCUT2D eigenvalue weighted by Gasteiger charge is -2.22. The van der Waals surface area contributed by atoms with Gasteiger partial charge in [0.1, 0.15) is 4.21 Å². The molecule has 0 radical (unpaired) electrons. The summed E-state index contributed by atoms with van der Waals surface area (Å²) < 4.78 is 26.8. The normalized spacial score (nSPS) is 20.3. The van der Waals surface area contributed by atoms with E-state index in [1.165, 1.54) is 11.4 Å². The van der Waals surface area contributed by atoms with E-state index >= 15 is 0 Å². The largest absolute Gasteiger partial charge is 0.366 e. The summed E-state index contributed by atoms with van der Waals surface area (Å²) in [5.41, 5.74) is 5.33. The van der Waals surface area contributed by atoms with E-state index in [0.29, 0.717) is 12.5 Å². The van der Waals surface area contributed by atoms with Crippen LogP contribution in [0.1, 0.15) is 23.2 Å². The van der Waals surface area contributed by atoms with Crippen LogP contribution < -0.4 is 15.8 Å². The van der Waals surface area contributed by atoms with E-state index in [1.54, 1.807) is 0 Å². The third-order valence-corrected chi connectivity index (χ3v) is 5.95. The summed E-state index contributed by atoms with van der Waals surface area (Å²) in [6.07, 6.45) is 2.09. The van der Waals surface area contributed by atoms with Gasteiger partial charge >= 0.3 is 0 Å². The third kappa shape index (κ3) is 3.75. The number of primary amides is 1. The fraction of sp³-hybridized carbons (Fsp3) is 0.545. The zero-order valence-corrected chi connectivity index (χ0v) is 12.0. The number of sulfonamides is 1. The van der Waals surface area contributed by atoms with Crippen molar-refractivity contribution in [2.45, 2.75) is 17.1 Å². The molecule has 4 N–H and O–H groups in total. The number of nitrogens with one attached hydrogen (secondary N) is 2. The van der Waals surface area contributed by atoms with Gasteiger partial charge in [-0.1, -0.05) is 0 Å². The molecular formula is C11H17N3O3S2. The Morgan fingerprint density at radius 1 is 1.58 bits per heavy atom. The van der Waals surface area contributed by atoms with Gasteiger partial charge in [-0.05, 0) is 37.9 Å². The smallest absolute Gasteiger partial charge is 0.250 e. The van der Waals surface area contributed by atoms with Crippen molar-refractivity contribution in [3.8, 4) is 0 Å². The second-order valence-electron chi connectivity index (χ2n) is 4.58. The predicted octanol–water partition coefficient (Wildman–Crippen LogP) is 0.125. The standard InChI is InChI=1S/C11H17N3O3S2/c12-11(15)9-4-10(18-7-9)19(16,17)14-6-8-2-1-3-13-5-8/h4,7-8,13-14H,1-3,5-6H2,(H2,12,15)/t8-/m1/s1. The average molecular weight is 303 g/mol. The van der Waals surface area contributed by atoms with Gasteiger partial charge in [0.25, 0.3) is 0 Å². The molecule has 0 unspecified atom stereocenters.